The van der Waals surface area contributed by atoms with Crippen LogP contribution in [0.2, 0.25) is 0 Å². The average molecular weight is 414 g/mol. The number of nitrogens with one attached hydrogen (secondary N) is 1. The van der Waals surface area contributed by atoms with E-state index in [4.69, 9.17) is 4.74 Å². The molecule has 0 aliphatic heterocycles. The third kappa shape index (κ3) is 4.61. The van der Waals surface area contributed by atoms with Gasteiger partial charge >= 0.3 is 0 Å². The summed E-state index contributed by atoms with van der Waals surface area (Å²) in [5, 5.41) is 8.70. The molecule has 2 heterocycles. The van der Waals surface area contributed by atoms with E-state index in [9.17, 15) is 9.59 Å². The first-order chi connectivity index (χ1) is 15.2. The highest BCUT2D eigenvalue weighted by Crippen LogP contribution is 2.15. The van der Waals surface area contributed by atoms with Gasteiger partial charge in [0, 0.05) is 17.1 Å². The van der Waals surface area contributed by atoms with Crippen LogP contribution in [-0.4, -0.2) is 27.3 Å². The second kappa shape index (κ2) is 9.21. The number of nitrogens with zero attached hydrogens (tertiary/aromatic N) is 3. The maximum absolute atomic E-state index is 12.9. The van der Waals surface area contributed by atoms with Crippen LogP contribution >= 0.6 is 0 Å². The van der Waals surface area contributed by atoms with Crippen LogP contribution < -0.4 is 15.6 Å². The van der Waals surface area contributed by atoms with Crippen molar-refractivity contribution < 1.29 is 9.53 Å². The van der Waals surface area contributed by atoms with Gasteiger partial charge in [-0.05, 0) is 49.4 Å². The molecule has 0 aliphatic rings. The molecule has 0 bridgehead atoms. The molecular formula is C24H22N4O3. The van der Waals surface area contributed by atoms with Gasteiger partial charge in [0.25, 0.3) is 11.5 Å². The molecule has 0 radical (unpaired) electrons. The van der Waals surface area contributed by atoms with Crippen molar-refractivity contribution in [2.45, 2.75) is 20.0 Å². The average Bonchev–Trinajstić information content (AvgIpc) is 2.81. The zero-order valence-electron chi connectivity index (χ0n) is 17.1. The second-order valence-corrected chi connectivity index (χ2v) is 6.92. The summed E-state index contributed by atoms with van der Waals surface area (Å²) in [6, 6.07) is 19.8. The van der Waals surface area contributed by atoms with Crippen LogP contribution in [0.1, 0.15) is 28.7 Å². The molecule has 156 valence electrons. The van der Waals surface area contributed by atoms with Gasteiger partial charge in [0.05, 0.1) is 36.5 Å². The van der Waals surface area contributed by atoms with E-state index in [1.54, 1.807) is 36.5 Å². The summed E-state index contributed by atoms with van der Waals surface area (Å²) in [6.45, 7) is 2.92. The van der Waals surface area contributed by atoms with Crippen molar-refractivity contribution in [1.29, 1.82) is 0 Å². The Balaban J connectivity index is 1.60. The standard InChI is InChI=1S/C24H22N4O3/c1-2-31-19-12-10-17(11-13-19)23(29)26-15-22-20-8-3-4-9-21(20)24(30)28(27-22)16-18-7-5-6-14-25-18/h3-14H,2,15-16H2,1H3,(H,26,29). The van der Waals surface area contributed by atoms with Crippen molar-refractivity contribution in [1.82, 2.24) is 20.1 Å². The quantitative estimate of drug-likeness (QED) is 0.502. The van der Waals surface area contributed by atoms with Gasteiger partial charge in [0.15, 0.2) is 0 Å². The Bertz CT molecular complexity index is 1250. The molecule has 0 atom stereocenters. The Morgan fingerprint density at radius 1 is 1.00 bits per heavy atom. The zero-order valence-corrected chi connectivity index (χ0v) is 17.1. The van der Waals surface area contributed by atoms with E-state index in [0.29, 0.717) is 29.0 Å². The van der Waals surface area contributed by atoms with Gasteiger partial charge in [-0.15, -0.1) is 0 Å². The van der Waals surface area contributed by atoms with Gasteiger partial charge < -0.3 is 10.1 Å². The Labute approximate surface area is 179 Å². The van der Waals surface area contributed by atoms with Crippen molar-refractivity contribution in [3.05, 3.63) is 100 Å². The minimum atomic E-state index is -0.226. The number of carbonyl (C=O) groups is 1. The van der Waals surface area contributed by atoms with E-state index in [2.05, 4.69) is 15.4 Å². The predicted molar refractivity (Wildman–Crippen MR) is 118 cm³/mol. The number of benzene rings is 2. The van der Waals surface area contributed by atoms with Crippen molar-refractivity contribution in [2.75, 3.05) is 6.61 Å². The van der Waals surface area contributed by atoms with E-state index in [1.165, 1.54) is 4.68 Å². The third-order valence-electron chi connectivity index (χ3n) is 4.83. The van der Waals surface area contributed by atoms with Gasteiger partial charge in [0.1, 0.15) is 5.75 Å². The molecule has 2 aromatic carbocycles. The molecule has 4 aromatic rings. The van der Waals surface area contributed by atoms with Gasteiger partial charge in [0.2, 0.25) is 0 Å². The Morgan fingerprint density at radius 2 is 1.74 bits per heavy atom. The zero-order chi connectivity index (χ0) is 21.6. The summed E-state index contributed by atoms with van der Waals surface area (Å²) in [5.41, 5.74) is 1.68. The highest BCUT2D eigenvalue weighted by Gasteiger charge is 2.13. The highest BCUT2D eigenvalue weighted by atomic mass is 16.5. The molecule has 0 saturated heterocycles. The topological polar surface area (TPSA) is 86.1 Å². The lowest BCUT2D eigenvalue weighted by Crippen LogP contribution is -2.29. The number of pyridine rings is 1. The molecule has 0 saturated carbocycles. The fraction of sp³-hybridized carbons (Fsp3) is 0.167. The lowest BCUT2D eigenvalue weighted by Gasteiger charge is -2.12. The minimum Gasteiger partial charge on any atom is -0.494 e. The largest absolute Gasteiger partial charge is 0.494 e. The molecule has 7 heteroatoms. The van der Waals surface area contributed by atoms with Crippen molar-refractivity contribution in [2.24, 2.45) is 0 Å². The van der Waals surface area contributed by atoms with Crippen LogP contribution in [-0.2, 0) is 13.1 Å². The SMILES string of the molecule is CCOc1ccc(C(=O)NCc2nn(Cc3ccccn3)c(=O)c3ccccc23)cc1. The molecule has 1 N–H and O–H groups in total. The summed E-state index contributed by atoms with van der Waals surface area (Å²) >= 11 is 0. The summed E-state index contributed by atoms with van der Waals surface area (Å²) in [7, 11) is 0. The van der Waals surface area contributed by atoms with Crippen molar-refractivity contribution in [3.63, 3.8) is 0 Å². The van der Waals surface area contributed by atoms with Gasteiger partial charge in [-0.3, -0.25) is 14.6 Å². The summed E-state index contributed by atoms with van der Waals surface area (Å²) < 4.78 is 6.80. The molecule has 0 fully saturated rings. The van der Waals surface area contributed by atoms with Crippen LogP contribution in [0.15, 0.2) is 77.7 Å². The Hall–Kier alpha value is -4.00. The number of carbonyl (C=O) groups excluding carboxylic acids is 1. The number of aromatic nitrogens is 3. The maximum atomic E-state index is 12.9. The fourth-order valence-corrected chi connectivity index (χ4v) is 3.32. The molecule has 31 heavy (non-hydrogen) atoms. The number of hydrogen-bond donors (Lipinski definition) is 1. The monoisotopic (exact) mass is 414 g/mol. The third-order valence-corrected chi connectivity index (χ3v) is 4.83. The summed E-state index contributed by atoms with van der Waals surface area (Å²) in [6.07, 6.45) is 1.68. The number of amides is 1. The molecule has 0 aliphatic carbocycles. The molecule has 7 nitrogen and oxygen atoms in total. The molecular weight excluding hydrogens is 392 g/mol. The van der Waals surface area contributed by atoms with Crippen LogP contribution in [0.5, 0.6) is 5.75 Å². The van der Waals surface area contributed by atoms with Crippen LogP contribution in [0, 0.1) is 0 Å². The van der Waals surface area contributed by atoms with E-state index >= 15 is 0 Å². The fourth-order valence-electron chi connectivity index (χ4n) is 3.32. The second-order valence-electron chi connectivity index (χ2n) is 6.92. The van der Waals surface area contributed by atoms with E-state index in [0.717, 1.165) is 11.1 Å². The Morgan fingerprint density at radius 3 is 2.45 bits per heavy atom. The smallest absolute Gasteiger partial charge is 0.275 e. The van der Waals surface area contributed by atoms with Crippen LogP contribution in [0.3, 0.4) is 0 Å². The summed E-state index contributed by atoms with van der Waals surface area (Å²) in [4.78, 5) is 29.8. The maximum Gasteiger partial charge on any atom is 0.275 e. The molecule has 4 rings (SSSR count). The first-order valence-electron chi connectivity index (χ1n) is 10.1. The lowest BCUT2D eigenvalue weighted by molar-refractivity contribution is 0.0950. The minimum absolute atomic E-state index is 0.190. The van der Waals surface area contributed by atoms with Crippen LogP contribution in [0.25, 0.3) is 10.8 Å². The van der Waals surface area contributed by atoms with Crippen molar-refractivity contribution >= 4 is 16.7 Å². The van der Waals surface area contributed by atoms with Gasteiger partial charge in [-0.1, -0.05) is 24.3 Å². The number of fused-ring (bicyclic) bond motifs is 1. The number of rotatable bonds is 7. The predicted octanol–water partition coefficient (Wildman–Crippen LogP) is 3.17. The van der Waals surface area contributed by atoms with E-state index in [-0.39, 0.29) is 24.6 Å². The lowest BCUT2D eigenvalue weighted by atomic mass is 10.1. The molecule has 0 spiro atoms. The van der Waals surface area contributed by atoms with Gasteiger partial charge in [-0.2, -0.15) is 5.10 Å². The molecule has 0 unspecified atom stereocenters. The number of hydrogen-bond acceptors (Lipinski definition) is 5. The normalized spacial score (nSPS) is 10.7. The van der Waals surface area contributed by atoms with E-state index in [1.807, 2.05) is 43.3 Å². The van der Waals surface area contributed by atoms with Crippen LogP contribution in [0.4, 0.5) is 0 Å². The number of ether oxygens (including phenoxy) is 1. The highest BCUT2D eigenvalue weighted by molar-refractivity contribution is 5.94. The van der Waals surface area contributed by atoms with Gasteiger partial charge in [-0.25, -0.2) is 4.68 Å². The Kier molecular flexibility index (Phi) is 6.03. The first kappa shape index (κ1) is 20.3. The van der Waals surface area contributed by atoms with E-state index < -0.39 is 0 Å². The molecule has 1 amide bonds. The first-order valence-corrected chi connectivity index (χ1v) is 10.1. The summed E-state index contributed by atoms with van der Waals surface area (Å²) in [5.74, 6) is 0.490. The molecule has 2 aromatic heterocycles. The van der Waals surface area contributed by atoms with Crippen molar-refractivity contribution in [3.8, 4) is 5.75 Å².